The number of amides is 1. The van der Waals surface area contributed by atoms with Crippen molar-refractivity contribution in [2.45, 2.75) is 32.5 Å². The van der Waals surface area contributed by atoms with Gasteiger partial charge in [-0.05, 0) is 26.0 Å². The number of hydrogen-bond donors (Lipinski definition) is 2. The summed E-state index contributed by atoms with van der Waals surface area (Å²) in [6.07, 6.45) is -0.504. The fourth-order valence-corrected chi connectivity index (χ4v) is 2.10. The van der Waals surface area contributed by atoms with Crippen LogP contribution in [-0.4, -0.2) is 30.3 Å². The molecule has 1 aromatic carbocycles. The second-order valence-electron chi connectivity index (χ2n) is 4.66. The largest absolute Gasteiger partial charge is 0.387 e. The summed E-state index contributed by atoms with van der Waals surface area (Å²) >= 11 is 11.8. The minimum absolute atomic E-state index is 0.0984. The van der Waals surface area contributed by atoms with Gasteiger partial charge in [-0.1, -0.05) is 29.3 Å². The van der Waals surface area contributed by atoms with Gasteiger partial charge in [0.25, 0.3) is 0 Å². The lowest BCUT2D eigenvalue weighted by Crippen LogP contribution is -2.29. The van der Waals surface area contributed by atoms with Crippen LogP contribution in [0, 0.1) is 0 Å². The smallest absolute Gasteiger partial charge is 0.222 e. The zero-order valence-electron chi connectivity index (χ0n) is 11.5. The van der Waals surface area contributed by atoms with Crippen LogP contribution in [-0.2, 0) is 9.53 Å². The molecule has 0 heterocycles. The summed E-state index contributed by atoms with van der Waals surface area (Å²) in [7, 11) is 0. The standard InChI is InChI=1S/C14H19Cl2NO3/c1-9(2)20-6-5-14(19)17-8-13(18)11-4-3-10(15)7-12(11)16/h3-4,7,9,13,18H,5-6,8H2,1-2H3,(H,17,19). The van der Waals surface area contributed by atoms with E-state index in [2.05, 4.69) is 5.32 Å². The molecule has 1 rings (SSSR count). The first-order valence-corrected chi connectivity index (χ1v) is 7.17. The second-order valence-corrected chi connectivity index (χ2v) is 5.50. The minimum Gasteiger partial charge on any atom is -0.387 e. The molecule has 0 spiro atoms. The van der Waals surface area contributed by atoms with Crippen molar-refractivity contribution in [2.24, 2.45) is 0 Å². The van der Waals surface area contributed by atoms with E-state index in [-0.39, 0.29) is 25.0 Å². The third-order valence-electron chi connectivity index (χ3n) is 2.59. The van der Waals surface area contributed by atoms with Crippen molar-refractivity contribution in [1.29, 1.82) is 0 Å². The zero-order valence-corrected chi connectivity index (χ0v) is 13.0. The Balaban J connectivity index is 2.39. The molecule has 1 amide bonds. The Morgan fingerprint density at radius 1 is 1.40 bits per heavy atom. The fraction of sp³-hybridized carbons (Fsp3) is 0.500. The van der Waals surface area contributed by atoms with E-state index in [0.717, 1.165) is 0 Å². The predicted octanol–water partition coefficient (Wildman–Crippen LogP) is 2.96. The van der Waals surface area contributed by atoms with E-state index in [0.29, 0.717) is 22.2 Å². The molecule has 0 saturated heterocycles. The topological polar surface area (TPSA) is 58.6 Å². The van der Waals surface area contributed by atoms with E-state index in [9.17, 15) is 9.90 Å². The molecule has 0 aliphatic rings. The van der Waals surface area contributed by atoms with Gasteiger partial charge in [-0.15, -0.1) is 0 Å². The normalized spacial score (nSPS) is 12.5. The molecular formula is C14H19Cl2NO3. The van der Waals surface area contributed by atoms with E-state index in [1.807, 2.05) is 13.8 Å². The van der Waals surface area contributed by atoms with E-state index in [1.165, 1.54) is 0 Å². The lowest BCUT2D eigenvalue weighted by atomic mass is 10.1. The molecule has 0 aliphatic heterocycles. The van der Waals surface area contributed by atoms with Gasteiger partial charge in [-0.3, -0.25) is 4.79 Å². The molecule has 1 atom stereocenters. The van der Waals surface area contributed by atoms with Crippen molar-refractivity contribution in [2.75, 3.05) is 13.2 Å². The van der Waals surface area contributed by atoms with Gasteiger partial charge in [0.2, 0.25) is 5.91 Å². The number of aliphatic hydroxyl groups is 1. The van der Waals surface area contributed by atoms with Crippen molar-refractivity contribution in [3.8, 4) is 0 Å². The third-order valence-corrected chi connectivity index (χ3v) is 3.16. The Hall–Kier alpha value is -0.810. The quantitative estimate of drug-likeness (QED) is 0.812. The van der Waals surface area contributed by atoms with E-state index in [4.69, 9.17) is 27.9 Å². The Morgan fingerprint density at radius 2 is 2.10 bits per heavy atom. The molecule has 20 heavy (non-hydrogen) atoms. The highest BCUT2D eigenvalue weighted by atomic mass is 35.5. The number of carbonyl (C=O) groups is 1. The zero-order chi connectivity index (χ0) is 15.1. The lowest BCUT2D eigenvalue weighted by Gasteiger charge is -2.14. The maximum Gasteiger partial charge on any atom is 0.222 e. The van der Waals surface area contributed by atoms with Crippen LogP contribution in [0.15, 0.2) is 18.2 Å². The molecule has 1 aromatic rings. The number of nitrogens with one attached hydrogen (secondary N) is 1. The molecule has 0 aromatic heterocycles. The van der Waals surface area contributed by atoms with Gasteiger partial charge >= 0.3 is 0 Å². The average molecular weight is 320 g/mol. The highest BCUT2D eigenvalue weighted by Gasteiger charge is 2.13. The first-order chi connectivity index (χ1) is 9.40. The molecule has 0 radical (unpaired) electrons. The van der Waals surface area contributed by atoms with Crippen molar-refractivity contribution in [3.05, 3.63) is 33.8 Å². The summed E-state index contributed by atoms with van der Waals surface area (Å²) in [4.78, 5) is 11.5. The molecular weight excluding hydrogens is 301 g/mol. The maximum absolute atomic E-state index is 11.5. The van der Waals surface area contributed by atoms with E-state index >= 15 is 0 Å². The molecule has 6 heteroatoms. The highest BCUT2D eigenvalue weighted by molar-refractivity contribution is 6.35. The molecule has 2 N–H and O–H groups in total. The summed E-state index contributed by atoms with van der Waals surface area (Å²) in [5.41, 5.74) is 0.537. The van der Waals surface area contributed by atoms with E-state index < -0.39 is 6.10 Å². The Labute approximate surface area is 129 Å². The van der Waals surface area contributed by atoms with Gasteiger partial charge in [0.1, 0.15) is 0 Å². The molecule has 112 valence electrons. The van der Waals surface area contributed by atoms with Crippen LogP contribution in [0.5, 0.6) is 0 Å². The predicted molar refractivity (Wildman–Crippen MR) is 80.1 cm³/mol. The first-order valence-electron chi connectivity index (χ1n) is 6.41. The molecule has 1 unspecified atom stereocenters. The summed E-state index contributed by atoms with van der Waals surface area (Å²) in [5.74, 6) is -0.171. The van der Waals surface area contributed by atoms with E-state index in [1.54, 1.807) is 18.2 Å². The first kappa shape index (κ1) is 17.2. The molecule has 0 fully saturated rings. The highest BCUT2D eigenvalue weighted by Crippen LogP contribution is 2.25. The van der Waals surface area contributed by atoms with Crippen LogP contribution in [0.2, 0.25) is 10.0 Å². The SMILES string of the molecule is CC(C)OCCC(=O)NCC(O)c1ccc(Cl)cc1Cl. The monoisotopic (exact) mass is 319 g/mol. The number of benzene rings is 1. The van der Waals surface area contributed by atoms with Gasteiger partial charge in [-0.2, -0.15) is 0 Å². The summed E-state index contributed by atoms with van der Waals surface area (Å²) in [6.45, 7) is 4.28. The van der Waals surface area contributed by atoms with Crippen molar-refractivity contribution in [3.63, 3.8) is 0 Å². The molecule has 0 aliphatic carbocycles. The van der Waals surface area contributed by atoms with Crippen LogP contribution in [0.4, 0.5) is 0 Å². The van der Waals surface area contributed by atoms with Gasteiger partial charge in [0, 0.05) is 28.6 Å². The van der Waals surface area contributed by atoms with Gasteiger partial charge in [0.05, 0.1) is 18.8 Å². The van der Waals surface area contributed by atoms with Crippen molar-refractivity contribution in [1.82, 2.24) is 5.32 Å². The number of carbonyl (C=O) groups excluding carboxylic acids is 1. The number of rotatable bonds is 7. The van der Waals surface area contributed by atoms with Crippen LogP contribution >= 0.6 is 23.2 Å². The average Bonchev–Trinajstić information content (AvgIpc) is 2.35. The minimum atomic E-state index is -0.866. The third kappa shape index (κ3) is 6.09. The number of halogens is 2. The Bertz CT molecular complexity index is 452. The van der Waals surface area contributed by atoms with Gasteiger partial charge in [-0.25, -0.2) is 0 Å². The van der Waals surface area contributed by atoms with Crippen LogP contribution in [0.25, 0.3) is 0 Å². The van der Waals surface area contributed by atoms with Gasteiger partial charge < -0.3 is 15.2 Å². The Kier molecular flexibility index (Phi) is 7.30. The lowest BCUT2D eigenvalue weighted by molar-refractivity contribution is -0.122. The summed E-state index contributed by atoms with van der Waals surface area (Å²) in [6, 6.07) is 4.84. The number of aliphatic hydroxyl groups excluding tert-OH is 1. The maximum atomic E-state index is 11.5. The molecule has 0 saturated carbocycles. The van der Waals surface area contributed by atoms with Gasteiger partial charge in [0.15, 0.2) is 0 Å². The summed E-state index contributed by atoms with van der Waals surface area (Å²) < 4.78 is 5.28. The van der Waals surface area contributed by atoms with Crippen LogP contribution in [0.1, 0.15) is 31.9 Å². The van der Waals surface area contributed by atoms with Crippen LogP contribution in [0.3, 0.4) is 0 Å². The number of ether oxygens (including phenoxy) is 1. The Morgan fingerprint density at radius 3 is 2.70 bits per heavy atom. The number of hydrogen-bond acceptors (Lipinski definition) is 3. The molecule has 4 nitrogen and oxygen atoms in total. The summed E-state index contributed by atoms with van der Waals surface area (Å²) in [5, 5.41) is 13.5. The van der Waals surface area contributed by atoms with Crippen molar-refractivity contribution >= 4 is 29.1 Å². The van der Waals surface area contributed by atoms with Crippen LogP contribution < -0.4 is 5.32 Å². The van der Waals surface area contributed by atoms with Crippen molar-refractivity contribution < 1.29 is 14.6 Å². The second kappa shape index (κ2) is 8.47. The molecule has 0 bridgehead atoms. The fourth-order valence-electron chi connectivity index (χ4n) is 1.57.